The average molecular weight is 392 g/mol. The second-order valence-electron chi connectivity index (χ2n) is 7.02. The van der Waals surface area contributed by atoms with E-state index in [0.29, 0.717) is 12.2 Å². The van der Waals surface area contributed by atoms with Crippen LogP contribution in [0.3, 0.4) is 0 Å². The zero-order chi connectivity index (χ0) is 20.4. The van der Waals surface area contributed by atoms with Gasteiger partial charge in [0.15, 0.2) is 0 Å². The van der Waals surface area contributed by atoms with Crippen LogP contribution < -0.4 is 14.2 Å². The Labute approximate surface area is 170 Å². The van der Waals surface area contributed by atoms with Gasteiger partial charge in [-0.3, -0.25) is 4.79 Å². The van der Waals surface area contributed by atoms with Crippen molar-refractivity contribution in [1.29, 1.82) is 0 Å². The van der Waals surface area contributed by atoms with E-state index in [9.17, 15) is 4.79 Å². The molecule has 2 heterocycles. The number of amides is 1. The predicted octanol–water partition coefficient (Wildman–Crippen LogP) is 4.24. The number of likely N-dealkylation sites (tertiary alicyclic amines) is 1. The van der Waals surface area contributed by atoms with Crippen LogP contribution in [-0.2, 0) is 0 Å². The van der Waals surface area contributed by atoms with Crippen LogP contribution in [0.25, 0.3) is 10.9 Å². The molecule has 0 bridgehead atoms. The molecule has 1 aliphatic heterocycles. The minimum absolute atomic E-state index is 0.0686. The molecule has 4 rings (SSSR count). The van der Waals surface area contributed by atoms with E-state index >= 15 is 0 Å². The Hall–Kier alpha value is -3.28. The minimum atomic E-state index is -0.0740. The van der Waals surface area contributed by atoms with Gasteiger partial charge in [-0.2, -0.15) is 0 Å². The molecule has 0 radical (unpaired) electrons. The van der Waals surface area contributed by atoms with Crippen molar-refractivity contribution in [3.8, 4) is 17.2 Å². The summed E-state index contributed by atoms with van der Waals surface area (Å²) in [6.45, 7) is 0.687. The average Bonchev–Trinajstić information content (AvgIpc) is 3.27. The highest BCUT2D eigenvalue weighted by molar-refractivity contribution is 5.95. The van der Waals surface area contributed by atoms with Crippen LogP contribution in [0, 0.1) is 0 Å². The van der Waals surface area contributed by atoms with Gasteiger partial charge in [-0.1, -0.05) is 6.07 Å². The first-order valence-electron chi connectivity index (χ1n) is 9.62. The quantitative estimate of drug-likeness (QED) is 0.650. The van der Waals surface area contributed by atoms with Crippen LogP contribution in [0.2, 0.25) is 0 Å². The molecule has 2 aromatic carbocycles. The minimum Gasteiger partial charge on any atom is -0.497 e. The van der Waals surface area contributed by atoms with Crippen LogP contribution in [-0.4, -0.2) is 43.7 Å². The highest BCUT2D eigenvalue weighted by Crippen LogP contribution is 2.39. The number of benzene rings is 2. The lowest BCUT2D eigenvalue weighted by Gasteiger charge is -2.26. The molecule has 1 fully saturated rings. The molecular weight excluding hydrogens is 368 g/mol. The molecule has 6 nitrogen and oxygen atoms in total. The van der Waals surface area contributed by atoms with Gasteiger partial charge in [0.2, 0.25) is 0 Å². The van der Waals surface area contributed by atoms with E-state index in [1.165, 1.54) is 0 Å². The summed E-state index contributed by atoms with van der Waals surface area (Å²) >= 11 is 0. The predicted molar refractivity (Wildman–Crippen MR) is 111 cm³/mol. The van der Waals surface area contributed by atoms with Crippen LogP contribution in [0.15, 0.2) is 48.5 Å². The number of methoxy groups -OCH3 is 3. The second-order valence-corrected chi connectivity index (χ2v) is 7.02. The van der Waals surface area contributed by atoms with Crippen molar-refractivity contribution in [2.24, 2.45) is 0 Å². The fourth-order valence-electron chi connectivity index (χ4n) is 3.93. The van der Waals surface area contributed by atoms with Crippen molar-refractivity contribution in [2.45, 2.75) is 18.9 Å². The fourth-order valence-corrected chi connectivity index (χ4v) is 3.93. The normalized spacial score (nSPS) is 16.1. The summed E-state index contributed by atoms with van der Waals surface area (Å²) in [6.07, 6.45) is 1.81. The summed E-state index contributed by atoms with van der Waals surface area (Å²) in [5.74, 6) is 2.20. The molecule has 6 heteroatoms. The van der Waals surface area contributed by atoms with Gasteiger partial charge in [0.05, 0.1) is 32.9 Å². The molecule has 0 unspecified atom stereocenters. The topological polar surface area (TPSA) is 60.9 Å². The lowest BCUT2D eigenvalue weighted by atomic mass is 10.0. The highest BCUT2D eigenvalue weighted by atomic mass is 16.5. The molecule has 0 aliphatic carbocycles. The van der Waals surface area contributed by atoms with Crippen LogP contribution >= 0.6 is 0 Å². The van der Waals surface area contributed by atoms with Gasteiger partial charge in [0, 0.05) is 17.5 Å². The van der Waals surface area contributed by atoms with Gasteiger partial charge in [0.25, 0.3) is 5.91 Å². The largest absolute Gasteiger partial charge is 0.497 e. The van der Waals surface area contributed by atoms with Crippen LogP contribution in [0.4, 0.5) is 0 Å². The number of hydrogen-bond donors (Lipinski definition) is 0. The smallest absolute Gasteiger partial charge is 0.272 e. The Morgan fingerprint density at radius 1 is 0.966 bits per heavy atom. The number of carbonyl (C=O) groups excluding carboxylic acids is 1. The van der Waals surface area contributed by atoms with Crippen molar-refractivity contribution in [1.82, 2.24) is 9.88 Å². The lowest BCUT2D eigenvalue weighted by molar-refractivity contribution is 0.0728. The van der Waals surface area contributed by atoms with Crippen molar-refractivity contribution < 1.29 is 19.0 Å². The summed E-state index contributed by atoms with van der Waals surface area (Å²) in [5.41, 5.74) is 2.17. The number of ether oxygens (including phenoxy) is 3. The van der Waals surface area contributed by atoms with E-state index in [2.05, 4.69) is 4.98 Å². The van der Waals surface area contributed by atoms with Crippen LogP contribution in [0.5, 0.6) is 17.2 Å². The monoisotopic (exact) mass is 392 g/mol. The summed E-state index contributed by atoms with van der Waals surface area (Å²) in [4.78, 5) is 19.8. The molecule has 0 saturated carbocycles. The van der Waals surface area contributed by atoms with Gasteiger partial charge < -0.3 is 19.1 Å². The van der Waals surface area contributed by atoms with Crippen LogP contribution in [0.1, 0.15) is 34.9 Å². The van der Waals surface area contributed by atoms with Gasteiger partial charge in [-0.25, -0.2) is 4.98 Å². The number of pyridine rings is 1. The van der Waals surface area contributed by atoms with Crippen molar-refractivity contribution >= 4 is 16.8 Å². The molecule has 0 N–H and O–H groups in total. The molecule has 1 saturated heterocycles. The molecule has 29 heavy (non-hydrogen) atoms. The third-order valence-corrected chi connectivity index (χ3v) is 5.43. The first kappa shape index (κ1) is 19.1. The standard InChI is InChI=1S/C23H24N2O4/c1-27-16-7-10-19-15(13-16)6-9-20(24-19)23(26)25-12-4-5-21(25)18-14-17(28-2)8-11-22(18)29-3/h6-11,13-14,21H,4-5,12H2,1-3H3/t21-/m0/s1. The summed E-state index contributed by atoms with van der Waals surface area (Å²) in [6, 6.07) is 15.0. The Morgan fingerprint density at radius 3 is 2.48 bits per heavy atom. The van der Waals surface area contributed by atoms with E-state index in [4.69, 9.17) is 14.2 Å². The summed E-state index contributed by atoms with van der Waals surface area (Å²) < 4.78 is 16.2. The SMILES string of the molecule is COc1ccc(OC)c([C@@H]2CCCN2C(=O)c2ccc3cc(OC)ccc3n2)c1. The maximum Gasteiger partial charge on any atom is 0.272 e. The van der Waals surface area contributed by atoms with E-state index in [0.717, 1.165) is 46.6 Å². The van der Waals surface area contributed by atoms with E-state index in [-0.39, 0.29) is 11.9 Å². The summed E-state index contributed by atoms with van der Waals surface area (Å²) in [7, 11) is 4.91. The third kappa shape index (κ3) is 3.58. The zero-order valence-corrected chi connectivity index (χ0v) is 16.8. The van der Waals surface area contributed by atoms with Crippen molar-refractivity contribution in [2.75, 3.05) is 27.9 Å². The highest BCUT2D eigenvalue weighted by Gasteiger charge is 2.33. The zero-order valence-electron chi connectivity index (χ0n) is 16.8. The fraction of sp³-hybridized carbons (Fsp3) is 0.304. The number of fused-ring (bicyclic) bond motifs is 1. The molecular formula is C23H24N2O4. The van der Waals surface area contributed by atoms with Gasteiger partial charge in [-0.15, -0.1) is 0 Å². The van der Waals surface area contributed by atoms with Crippen molar-refractivity contribution in [3.05, 3.63) is 59.8 Å². The molecule has 0 spiro atoms. The summed E-state index contributed by atoms with van der Waals surface area (Å²) in [5, 5.41) is 0.938. The van der Waals surface area contributed by atoms with Gasteiger partial charge in [0.1, 0.15) is 22.9 Å². The number of aromatic nitrogens is 1. The Morgan fingerprint density at radius 2 is 1.72 bits per heavy atom. The Balaban J connectivity index is 1.67. The van der Waals surface area contributed by atoms with E-state index in [1.807, 2.05) is 47.4 Å². The van der Waals surface area contributed by atoms with Crippen molar-refractivity contribution in [3.63, 3.8) is 0 Å². The molecule has 1 atom stereocenters. The maximum atomic E-state index is 13.3. The molecule has 3 aromatic rings. The molecule has 1 aromatic heterocycles. The van der Waals surface area contributed by atoms with E-state index in [1.54, 1.807) is 27.4 Å². The Bertz CT molecular complexity index is 1050. The van der Waals surface area contributed by atoms with Gasteiger partial charge in [-0.05, 0) is 55.3 Å². The van der Waals surface area contributed by atoms with Gasteiger partial charge >= 0.3 is 0 Å². The number of carbonyl (C=O) groups is 1. The number of rotatable bonds is 5. The lowest BCUT2D eigenvalue weighted by Crippen LogP contribution is -2.31. The second kappa shape index (κ2) is 7.99. The molecule has 1 amide bonds. The Kier molecular flexibility index (Phi) is 5.25. The van der Waals surface area contributed by atoms with E-state index < -0.39 is 0 Å². The molecule has 150 valence electrons. The number of hydrogen-bond acceptors (Lipinski definition) is 5. The number of nitrogens with zero attached hydrogens (tertiary/aromatic N) is 2. The first-order valence-corrected chi connectivity index (χ1v) is 9.62. The third-order valence-electron chi connectivity index (χ3n) is 5.43. The molecule has 1 aliphatic rings. The maximum absolute atomic E-state index is 13.3. The first-order chi connectivity index (χ1) is 14.1.